The molecule has 7 N–H and O–H groups in total. The van der Waals surface area contributed by atoms with Crippen molar-refractivity contribution in [3.05, 3.63) is 36.4 Å². The summed E-state index contributed by atoms with van der Waals surface area (Å²) >= 11 is 0. The van der Waals surface area contributed by atoms with E-state index in [1.165, 1.54) is 0 Å². The summed E-state index contributed by atoms with van der Waals surface area (Å²) in [5.41, 5.74) is 18.1. The van der Waals surface area contributed by atoms with Gasteiger partial charge in [0.25, 0.3) is 0 Å². The Morgan fingerprint density at radius 1 is 1.17 bits per heavy atom. The second-order valence-electron chi connectivity index (χ2n) is 8.56. The van der Waals surface area contributed by atoms with Crippen molar-refractivity contribution >= 4 is 34.9 Å². The number of benzene rings is 1. The number of para-hydroxylation sites is 1. The molecule has 0 spiro atoms. The number of hydrogen-bond donors (Lipinski definition) is 4. The van der Waals surface area contributed by atoms with E-state index in [1.807, 2.05) is 11.9 Å². The van der Waals surface area contributed by atoms with E-state index < -0.39 is 6.04 Å². The number of amides is 1. The maximum absolute atomic E-state index is 12.7. The number of nitrogens with zero attached hydrogens (tertiary/aromatic N) is 4. The van der Waals surface area contributed by atoms with Gasteiger partial charge in [-0.05, 0) is 70.1 Å². The molecule has 2 atom stereocenters. The third kappa shape index (κ3) is 7.54. The van der Waals surface area contributed by atoms with Crippen LogP contribution < -0.4 is 27.3 Å². The van der Waals surface area contributed by atoms with Crippen LogP contribution in [0.5, 0.6) is 5.75 Å². The first-order chi connectivity index (χ1) is 16.9. The first-order valence-electron chi connectivity index (χ1n) is 11.8. The molecule has 1 saturated heterocycles. The number of likely N-dealkylation sites (tertiary alicyclic amines) is 1. The molecule has 1 amide bonds. The van der Waals surface area contributed by atoms with E-state index in [-0.39, 0.29) is 29.6 Å². The molecule has 0 aliphatic carbocycles. The highest BCUT2D eigenvalue weighted by molar-refractivity contribution is 5.94. The molecule has 0 bridgehead atoms. The Morgan fingerprint density at radius 2 is 1.94 bits per heavy atom. The molecule has 35 heavy (non-hydrogen) atoms. The Hall–Kier alpha value is -3.41. The van der Waals surface area contributed by atoms with Crippen molar-refractivity contribution < 1.29 is 14.3 Å². The first kappa shape index (κ1) is 26.2. The lowest BCUT2D eigenvalue weighted by atomic mass is 10.0. The number of nitrogens with one attached hydrogen (secondary N) is 1. The minimum absolute atomic E-state index is 0.0848. The number of hydrogen-bond acceptors (Lipinski definition) is 10. The summed E-state index contributed by atoms with van der Waals surface area (Å²) in [6, 6.07) is 9.14. The molecule has 0 unspecified atom stereocenters. The Balaban J connectivity index is 1.65. The van der Waals surface area contributed by atoms with Gasteiger partial charge in [-0.15, -0.1) is 10.2 Å². The van der Waals surface area contributed by atoms with E-state index in [4.69, 9.17) is 21.9 Å². The fourth-order valence-electron chi connectivity index (χ4n) is 3.76. The molecule has 3 rings (SSSR count). The summed E-state index contributed by atoms with van der Waals surface area (Å²) < 4.78 is 5.65. The minimum atomic E-state index is -0.656. The number of piperidine rings is 1. The summed E-state index contributed by atoms with van der Waals surface area (Å²) in [6.45, 7) is 1.43. The molecule has 0 saturated carbocycles. The number of pyridine rings is 1. The van der Waals surface area contributed by atoms with Crippen LogP contribution in [-0.4, -0.2) is 54.0 Å². The van der Waals surface area contributed by atoms with Crippen LogP contribution in [0.4, 0.5) is 23.0 Å². The number of nitrogens with two attached hydrogens (primary N) is 3. The standard InChI is InChI=1S/C24H34N8O3/c1-32-15-7-5-10-19(32)24(34)35-20-11-3-2-9-17(20)30-31-18-12-13-21(28-22(18)27)29-23(33)16(26)8-4-6-14-25/h2-3,9,11-13,16,19H,4-8,10,14-15,25-26H2,1H3,(H3,27,28,29,33)/t16-,19-/m0/s1. The van der Waals surface area contributed by atoms with E-state index in [0.29, 0.717) is 30.1 Å². The molecule has 0 radical (unpaired) electrons. The van der Waals surface area contributed by atoms with Gasteiger partial charge in [0.15, 0.2) is 11.6 Å². The second-order valence-corrected chi connectivity index (χ2v) is 8.56. The normalized spacial score (nSPS) is 17.3. The number of esters is 1. The average Bonchev–Trinajstić information content (AvgIpc) is 2.84. The van der Waals surface area contributed by atoms with Gasteiger partial charge in [0.05, 0.1) is 6.04 Å². The average molecular weight is 483 g/mol. The van der Waals surface area contributed by atoms with Gasteiger partial charge in [-0.1, -0.05) is 25.0 Å². The van der Waals surface area contributed by atoms with E-state index in [9.17, 15) is 9.59 Å². The quantitative estimate of drug-likeness (QED) is 0.173. The summed E-state index contributed by atoms with van der Waals surface area (Å²) in [5, 5.41) is 11.0. The Bertz CT molecular complexity index is 1050. The number of carbonyl (C=O) groups is 2. The predicted molar refractivity (Wildman–Crippen MR) is 135 cm³/mol. The summed E-state index contributed by atoms with van der Waals surface area (Å²) in [5.74, 6) is 0.0208. The predicted octanol–water partition coefficient (Wildman–Crippen LogP) is 2.86. The number of unbranched alkanes of at least 4 members (excludes halogenated alkanes) is 1. The number of ether oxygens (including phenoxy) is 1. The van der Waals surface area contributed by atoms with Crippen molar-refractivity contribution in [1.29, 1.82) is 0 Å². The van der Waals surface area contributed by atoms with E-state index in [1.54, 1.807) is 36.4 Å². The number of aromatic nitrogens is 1. The van der Waals surface area contributed by atoms with Crippen LogP contribution >= 0.6 is 0 Å². The van der Waals surface area contributed by atoms with E-state index >= 15 is 0 Å². The maximum Gasteiger partial charge on any atom is 0.328 e. The van der Waals surface area contributed by atoms with Crippen LogP contribution in [-0.2, 0) is 9.59 Å². The SMILES string of the molecule is CN1CCCC[C@H]1C(=O)Oc1ccccc1N=Nc1ccc(NC(=O)[C@@H](N)CCCCN)nc1N. The summed E-state index contributed by atoms with van der Waals surface area (Å²) in [4.78, 5) is 31.1. The highest BCUT2D eigenvalue weighted by Crippen LogP contribution is 2.31. The third-order valence-corrected chi connectivity index (χ3v) is 5.84. The van der Waals surface area contributed by atoms with Gasteiger partial charge in [0.1, 0.15) is 23.2 Å². The molecule has 1 aromatic heterocycles. The van der Waals surface area contributed by atoms with E-state index in [2.05, 4.69) is 20.5 Å². The number of nitrogen functional groups attached to an aromatic ring is 1. The monoisotopic (exact) mass is 482 g/mol. The summed E-state index contributed by atoms with van der Waals surface area (Å²) in [7, 11) is 1.92. The van der Waals surface area contributed by atoms with Gasteiger partial charge in [0, 0.05) is 0 Å². The molecule has 1 aliphatic heterocycles. The van der Waals surface area contributed by atoms with Gasteiger partial charge in [0.2, 0.25) is 5.91 Å². The van der Waals surface area contributed by atoms with Gasteiger partial charge < -0.3 is 27.3 Å². The largest absolute Gasteiger partial charge is 0.423 e. The zero-order chi connectivity index (χ0) is 25.2. The lowest BCUT2D eigenvalue weighted by Gasteiger charge is -2.30. The fraction of sp³-hybridized carbons (Fsp3) is 0.458. The third-order valence-electron chi connectivity index (χ3n) is 5.84. The highest BCUT2D eigenvalue weighted by Gasteiger charge is 2.28. The Labute approximate surface area is 205 Å². The molecule has 188 valence electrons. The fourth-order valence-corrected chi connectivity index (χ4v) is 3.76. The highest BCUT2D eigenvalue weighted by atomic mass is 16.5. The zero-order valence-electron chi connectivity index (χ0n) is 20.0. The number of carbonyl (C=O) groups excluding carboxylic acids is 2. The van der Waals surface area contributed by atoms with Crippen molar-refractivity contribution in [2.75, 3.05) is 31.2 Å². The topological polar surface area (TPSA) is 174 Å². The van der Waals surface area contributed by atoms with Crippen molar-refractivity contribution in [3.63, 3.8) is 0 Å². The van der Waals surface area contributed by atoms with Crippen molar-refractivity contribution in [3.8, 4) is 5.75 Å². The van der Waals surface area contributed by atoms with Crippen molar-refractivity contribution in [1.82, 2.24) is 9.88 Å². The second kappa shape index (κ2) is 12.9. The van der Waals surface area contributed by atoms with Crippen molar-refractivity contribution in [2.24, 2.45) is 21.7 Å². The Kier molecular flexibility index (Phi) is 9.65. The number of likely N-dealkylation sites (N-methyl/N-ethyl adjacent to an activating group) is 1. The number of rotatable bonds is 10. The van der Waals surface area contributed by atoms with E-state index in [0.717, 1.165) is 38.6 Å². The van der Waals surface area contributed by atoms with Crippen molar-refractivity contribution in [2.45, 2.75) is 50.6 Å². The van der Waals surface area contributed by atoms with Crippen LogP contribution in [0, 0.1) is 0 Å². The summed E-state index contributed by atoms with van der Waals surface area (Å²) in [6.07, 6.45) is 4.95. The zero-order valence-corrected chi connectivity index (χ0v) is 20.0. The minimum Gasteiger partial charge on any atom is -0.423 e. The number of anilines is 2. The molecule has 11 nitrogen and oxygen atoms in total. The lowest BCUT2D eigenvalue weighted by Crippen LogP contribution is -2.44. The maximum atomic E-state index is 12.7. The van der Waals surface area contributed by atoms with Gasteiger partial charge in [-0.25, -0.2) is 9.78 Å². The van der Waals surface area contributed by atoms with Crippen LogP contribution in [0.2, 0.25) is 0 Å². The molecule has 2 heterocycles. The molecule has 2 aromatic rings. The van der Waals surface area contributed by atoms with Crippen LogP contribution in [0.1, 0.15) is 38.5 Å². The van der Waals surface area contributed by atoms with Crippen LogP contribution in [0.25, 0.3) is 0 Å². The van der Waals surface area contributed by atoms with Crippen LogP contribution in [0.3, 0.4) is 0 Å². The lowest BCUT2D eigenvalue weighted by molar-refractivity contribution is -0.141. The molecule has 1 aromatic carbocycles. The van der Waals surface area contributed by atoms with Gasteiger partial charge in [-0.2, -0.15) is 0 Å². The number of azo groups is 1. The molecule has 1 aliphatic rings. The molecular formula is C24H34N8O3. The Morgan fingerprint density at radius 3 is 2.69 bits per heavy atom. The molecule has 1 fully saturated rings. The molecule has 11 heteroatoms. The van der Waals surface area contributed by atoms with Crippen LogP contribution in [0.15, 0.2) is 46.6 Å². The molecular weight excluding hydrogens is 448 g/mol. The first-order valence-corrected chi connectivity index (χ1v) is 11.8. The van der Waals surface area contributed by atoms with Gasteiger partial charge in [-0.3, -0.25) is 9.69 Å². The smallest absolute Gasteiger partial charge is 0.328 e. The van der Waals surface area contributed by atoms with Gasteiger partial charge >= 0.3 is 5.97 Å².